The molecule has 0 amide bonds. The Kier molecular flexibility index (Phi) is 11.3. The molecule has 0 aromatic heterocycles. The second kappa shape index (κ2) is 12.7. The highest BCUT2D eigenvalue weighted by Crippen LogP contribution is 2.44. The standard InChI is InChI=1S/C23H31NO7.2BrH/c1-15(25)30-20-10-7-16(11-21(20)29-3)14-24(2)17-8-9-18(24)13-19(12-17)31-23(28)6-4-5-22(26)27;;/h7,10-11,17-19H,4-6,8-9,12-14H2,1-3H3;2*1H/p+1/t17-,18+,19?,24?;;. The Balaban J connectivity index is 0.00000272. The monoisotopic (exact) mass is 594 g/mol. The van der Waals surface area contributed by atoms with Gasteiger partial charge in [-0.25, -0.2) is 0 Å². The van der Waals surface area contributed by atoms with Crippen LogP contribution in [0.5, 0.6) is 11.5 Å². The predicted octanol–water partition coefficient (Wildman–Crippen LogP) is 4.21. The van der Waals surface area contributed by atoms with Gasteiger partial charge in [0.1, 0.15) is 12.6 Å². The second-order valence-corrected chi connectivity index (χ2v) is 8.80. The normalized spacial score (nSPS) is 25.2. The van der Waals surface area contributed by atoms with Crippen LogP contribution in [0.4, 0.5) is 0 Å². The molecule has 186 valence electrons. The Morgan fingerprint density at radius 1 is 1.06 bits per heavy atom. The first-order chi connectivity index (χ1) is 14.7. The third kappa shape index (κ3) is 7.42. The molecule has 1 aromatic carbocycles. The number of carboxylic acids is 1. The number of aliphatic carboxylic acids is 1. The first kappa shape index (κ1) is 29.4. The summed E-state index contributed by atoms with van der Waals surface area (Å²) < 4.78 is 17.2. The van der Waals surface area contributed by atoms with Gasteiger partial charge in [0.25, 0.3) is 0 Å². The molecule has 10 heteroatoms. The molecule has 2 fully saturated rings. The number of halogens is 2. The van der Waals surface area contributed by atoms with Gasteiger partial charge in [-0.2, -0.15) is 0 Å². The number of carboxylic acid groups (broad SMARTS) is 1. The van der Waals surface area contributed by atoms with Gasteiger partial charge in [0, 0.05) is 51.0 Å². The van der Waals surface area contributed by atoms with E-state index in [0.29, 0.717) is 30.0 Å². The molecule has 4 atom stereocenters. The predicted molar refractivity (Wildman–Crippen MR) is 132 cm³/mol. The number of benzene rings is 1. The fraction of sp³-hybridized carbons (Fsp3) is 0.609. The average molecular weight is 596 g/mol. The minimum atomic E-state index is -0.894. The van der Waals surface area contributed by atoms with Crippen molar-refractivity contribution >= 4 is 51.9 Å². The third-order valence-electron chi connectivity index (χ3n) is 6.65. The molecule has 2 heterocycles. The molecule has 0 aliphatic carbocycles. The van der Waals surface area contributed by atoms with E-state index in [2.05, 4.69) is 7.05 Å². The molecule has 1 N–H and O–H groups in total. The largest absolute Gasteiger partial charge is 0.493 e. The van der Waals surface area contributed by atoms with Crippen LogP contribution in [0, 0.1) is 0 Å². The van der Waals surface area contributed by atoms with Gasteiger partial charge in [-0.15, -0.1) is 34.0 Å². The Labute approximate surface area is 215 Å². The molecule has 2 aliphatic heterocycles. The first-order valence-electron chi connectivity index (χ1n) is 10.8. The molecule has 1 aromatic rings. The van der Waals surface area contributed by atoms with Crippen LogP contribution < -0.4 is 9.47 Å². The maximum atomic E-state index is 12.1. The summed E-state index contributed by atoms with van der Waals surface area (Å²) >= 11 is 0. The molecule has 0 saturated carbocycles. The summed E-state index contributed by atoms with van der Waals surface area (Å²) in [5, 5.41) is 8.71. The van der Waals surface area contributed by atoms with E-state index in [1.165, 1.54) is 6.92 Å². The molecule has 2 bridgehead atoms. The zero-order chi connectivity index (χ0) is 22.6. The summed E-state index contributed by atoms with van der Waals surface area (Å²) in [6.45, 7) is 2.19. The van der Waals surface area contributed by atoms with E-state index in [-0.39, 0.29) is 64.8 Å². The van der Waals surface area contributed by atoms with Crippen molar-refractivity contribution in [2.75, 3.05) is 14.2 Å². The summed E-state index contributed by atoms with van der Waals surface area (Å²) in [5.41, 5.74) is 1.11. The molecule has 2 saturated heterocycles. The van der Waals surface area contributed by atoms with E-state index in [1.54, 1.807) is 13.2 Å². The van der Waals surface area contributed by atoms with Gasteiger partial charge in [-0.3, -0.25) is 14.4 Å². The zero-order valence-corrected chi connectivity index (χ0v) is 22.7. The van der Waals surface area contributed by atoms with Crippen LogP contribution in [-0.4, -0.2) is 59.8 Å². The fourth-order valence-electron chi connectivity index (χ4n) is 5.12. The number of nitrogens with zero attached hydrogens (tertiary/aromatic N) is 1. The lowest BCUT2D eigenvalue weighted by Gasteiger charge is -2.47. The number of methoxy groups -OCH3 is 1. The second-order valence-electron chi connectivity index (χ2n) is 8.80. The fourth-order valence-corrected chi connectivity index (χ4v) is 5.12. The van der Waals surface area contributed by atoms with Crippen LogP contribution in [0.1, 0.15) is 57.4 Å². The van der Waals surface area contributed by atoms with E-state index in [0.717, 1.165) is 42.3 Å². The Morgan fingerprint density at radius 2 is 1.70 bits per heavy atom. The maximum Gasteiger partial charge on any atom is 0.308 e. The maximum absolute atomic E-state index is 12.1. The quantitative estimate of drug-likeness (QED) is 0.259. The summed E-state index contributed by atoms with van der Waals surface area (Å²) in [6.07, 6.45) is 4.18. The van der Waals surface area contributed by atoms with Gasteiger partial charge in [0.15, 0.2) is 11.5 Å². The number of hydrogen-bond acceptors (Lipinski definition) is 6. The van der Waals surface area contributed by atoms with Crippen molar-refractivity contribution in [3.8, 4) is 11.5 Å². The lowest BCUT2D eigenvalue weighted by atomic mass is 9.95. The lowest BCUT2D eigenvalue weighted by molar-refractivity contribution is -0.961. The summed E-state index contributed by atoms with van der Waals surface area (Å²) in [7, 11) is 3.82. The number of ether oxygens (including phenoxy) is 3. The lowest BCUT2D eigenvalue weighted by Crippen LogP contribution is -2.58. The highest BCUT2D eigenvalue weighted by Gasteiger charge is 2.52. The van der Waals surface area contributed by atoms with E-state index in [1.807, 2.05) is 12.1 Å². The highest BCUT2D eigenvalue weighted by atomic mass is 79.9. The molecule has 0 radical (unpaired) electrons. The summed E-state index contributed by atoms with van der Waals surface area (Å²) in [4.78, 5) is 34.0. The molecule has 2 unspecified atom stereocenters. The first-order valence-corrected chi connectivity index (χ1v) is 10.8. The molecular weight excluding hydrogens is 562 g/mol. The average Bonchev–Trinajstić information content (AvgIpc) is 2.86. The van der Waals surface area contributed by atoms with Crippen molar-refractivity contribution in [2.45, 2.75) is 76.6 Å². The Morgan fingerprint density at radius 3 is 2.24 bits per heavy atom. The van der Waals surface area contributed by atoms with Crippen molar-refractivity contribution in [2.24, 2.45) is 0 Å². The Bertz CT molecular complexity index is 834. The van der Waals surface area contributed by atoms with Crippen LogP contribution in [0.2, 0.25) is 0 Å². The number of carbonyl (C=O) groups is 3. The Hall–Kier alpha value is -1.65. The zero-order valence-electron chi connectivity index (χ0n) is 19.3. The molecule has 2 aliphatic rings. The topological polar surface area (TPSA) is 99.1 Å². The van der Waals surface area contributed by atoms with E-state index in [4.69, 9.17) is 19.3 Å². The van der Waals surface area contributed by atoms with Crippen molar-refractivity contribution in [3.63, 3.8) is 0 Å². The van der Waals surface area contributed by atoms with Crippen molar-refractivity contribution in [1.29, 1.82) is 0 Å². The van der Waals surface area contributed by atoms with Crippen LogP contribution in [-0.2, 0) is 25.7 Å². The number of quaternary nitrogens is 1. The number of piperidine rings is 1. The van der Waals surface area contributed by atoms with Crippen molar-refractivity contribution < 1.29 is 38.2 Å². The van der Waals surface area contributed by atoms with Crippen LogP contribution in [0.3, 0.4) is 0 Å². The molecule has 8 nitrogen and oxygen atoms in total. The van der Waals surface area contributed by atoms with E-state index >= 15 is 0 Å². The molecule has 33 heavy (non-hydrogen) atoms. The smallest absolute Gasteiger partial charge is 0.308 e. The van der Waals surface area contributed by atoms with E-state index in [9.17, 15) is 14.4 Å². The van der Waals surface area contributed by atoms with E-state index < -0.39 is 5.97 Å². The molecule has 3 rings (SSSR count). The summed E-state index contributed by atoms with van der Waals surface area (Å²) in [5.74, 6) is -0.626. The number of esters is 2. The van der Waals surface area contributed by atoms with Gasteiger partial charge < -0.3 is 23.8 Å². The van der Waals surface area contributed by atoms with Gasteiger partial charge >= 0.3 is 17.9 Å². The van der Waals surface area contributed by atoms with Gasteiger partial charge in [-0.05, 0) is 24.6 Å². The minimum Gasteiger partial charge on any atom is -0.493 e. The van der Waals surface area contributed by atoms with Crippen LogP contribution in [0.25, 0.3) is 0 Å². The van der Waals surface area contributed by atoms with Gasteiger partial charge in [0.2, 0.25) is 0 Å². The van der Waals surface area contributed by atoms with Crippen molar-refractivity contribution in [3.05, 3.63) is 23.8 Å². The minimum absolute atomic E-state index is 0. The third-order valence-corrected chi connectivity index (χ3v) is 6.65. The number of carbonyl (C=O) groups excluding carboxylic acids is 2. The van der Waals surface area contributed by atoms with Gasteiger partial charge in [-0.1, -0.05) is 0 Å². The number of rotatable bonds is 9. The summed E-state index contributed by atoms with van der Waals surface area (Å²) in [6, 6.07) is 6.47. The van der Waals surface area contributed by atoms with Gasteiger partial charge in [0.05, 0.1) is 26.2 Å². The highest BCUT2D eigenvalue weighted by molar-refractivity contribution is 8.93. The molecule has 0 spiro atoms. The van der Waals surface area contributed by atoms with Crippen LogP contribution >= 0.6 is 34.0 Å². The molecular formula is C23H34Br2NO7+. The van der Waals surface area contributed by atoms with Crippen molar-refractivity contribution in [1.82, 2.24) is 0 Å². The number of hydrogen-bond donors (Lipinski definition) is 1. The van der Waals surface area contributed by atoms with Crippen LogP contribution in [0.15, 0.2) is 18.2 Å². The number of fused-ring (bicyclic) bond motifs is 2. The SMILES string of the molecule is Br.Br.COc1cc(C[N+]2(C)[C@@H]3CC[C@H]2CC(OC(=O)CCCC(=O)O)C3)ccc1OC(C)=O.